The number of carbonyl (C=O) groups is 1. The highest BCUT2D eigenvalue weighted by Crippen LogP contribution is 2.33. The maximum Gasteiger partial charge on any atom is 0.420 e. The van der Waals surface area contributed by atoms with E-state index in [2.05, 4.69) is 17.2 Å². The molecule has 0 radical (unpaired) electrons. The lowest BCUT2D eigenvalue weighted by molar-refractivity contribution is -0.140. The van der Waals surface area contributed by atoms with Crippen LogP contribution < -0.4 is 5.32 Å². The Hall–Kier alpha value is -2.23. The predicted octanol–water partition coefficient (Wildman–Crippen LogP) is 3.72. The molecule has 0 saturated carbocycles. The monoisotopic (exact) mass is 317 g/mol. The second-order valence-corrected chi connectivity index (χ2v) is 5.32. The molecule has 0 spiro atoms. The van der Waals surface area contributed by atoms with Crippen LogP contribution in [0.15, 0.2) is 18.2 Å². The zero-order chi connectivity index (χ0) is 17.0. The maximum atomic E-state index is 13.3. The van der Waals surface area contributed by atoms with E-state index in [1.807, 2.05) is 0 Å². The number of alkyl carbamates (subject to hydrolysis) is 1. The van der Waals surface area contributed by atoms with E-state index in [9.17, 15) is 22.4 Å². The smallest absolute Gasteiger partial charge is 0.420 e. The van der Waals surface area contributed by atoms with Crippen LogP contribution in [0.4, 0.5) is 22.4 Å². The van der Waals surface area contributed by atoms with Crippen LogP contribution >= 0.6 is 0 Å². The molecule has 0 aliphatic heterocycles. The van der Waals surface area contributed by atoms with Crippen molar-refractivity contribution in [3.8, 4) is 11.8 Å². The Bertz CT molecular complexity index is 607. The fourth-order valence-electron chi connectivity index (χ4n) is 1.49. The molecule has 0 saturated heterocycles. The van der Waals surface area contributed by atoms with E-state index in [1.165, 1.54) is 0 Å². The first-order valence-electron chi connectivity index (χ1n) is 6.32. The molecule has 1 N–H and O–H groups in total. The highest BCUT2D eigenvalue weighted by molar-refractivity contribution is 5.68. The van der Waals surface area contributed by atoms with Crippen molar-refractivity contribution in [2.45, 2.75) is 32.5 Å². The number of hydrogen-bond acceptors (Lipinski definition) is 2. The summed E-state index contributed by atoms with van der Waals surface area (Å²) >= 11 is 0. The first-order valence-corrected chi connectivity index (χ1v) is 6.32. The van der Waals surface area contributed by atoms with E-state index in [4.69, 9.17) is 4.74 Å². The SMILES string of the molecule is CC(C)(C)OC(=O)NCC#Cc1cccc(F)c1C(F)(F)F. The zero-order valence-corrected chi connectivity index (χ0v) is 12.3. The van der Waals surface area contributed by atoms with Gasteiger partial charge < -0.3 is 10.1 Å². The van der Waals surface area contributed by atoms with E-state index in [0.717, 1.165) is 12.1 Å². The van der Waals surface area contributed by atoms with Gasteiger partial charge in [0.15, 0.2) is 0 Å². The lowest BCUT2D eigenvalue weighted by Gasteiger charge is -2.19. The van der Waals surface area contributed by atoms with Crippen molar-refractivity contribution >= 4 is 6.09 Å². The van der Waals surface area contributed by atoms with Crippen LogP contribution in [0.25, 0.3) is 0 Å². The molecule has 1 rings (SSSR count). The first-order chi connectivity index (χ1) is 10.0. The molecular weight excluding hydrogens is 302 g/mol. The molecule has 3 nitrogen and oxygen atoms in total. The third-order valence-corrected chi connectivity index (χ3v) is 2.24. The van der Waals surface area contributed by atoms with Crippen LogP contribution in [-0.4, -0.2) is 18.2 Å². The van der Waals surface area contributed by atoms with Crippen LogP contribution in [0.2, 0.25) is 0 Å². The molecule has 0 aromatic heterocycles. The summed E-state index contributed by atoms with van der Waals surface area (Å²) in [6, 6.07) is 2.91. The molecule has 0 fully saturated rings. The van der Waals surface area contributed by atoms with Gasteiger partial charge in [-0.25, -0.2) is 9.18 Å². The number of amides is 1. The first kappa shape index (κ1) is 17.8. The summed E-state index contributed by atoms with van der Waals surface area (Å²) in [7, 11) is 0. The summed E-state index contributed by atoms with van der Waals surface area (Å²) in [5, 5.41) is 2.27. The van der Waals surface area contributed by atoms with Crippen molar-refractivity contribution in [1.82, 2.24) is 5.32 Å². The zero-order valence-electron chi connectivity index (χ0n) is 12.3. The van der Waals surface area contributed by atoms with Crippen molar-refractivity contribution in [2.24, 2.45) is 0 Å². The van der Waals surface area contributed by atoms with Crippen molar-refractivity contribution in [1.29, 1.82) is 0 Å². The standard InChI is InChI=1S/C15H15F4NO2/c1-14(2,3)22-13(21)20-9-5-7-10-6-4-8-11(16)12(10)15(17,18)19/h4,6,8H,9H2,1-3H3,(H,20,21). The Morgan fingerprint density at radius 3 is 2.45 bits per heavy atom. The molecule has 0 aliphatic carbocycles. The molecule has 0 bridgehead atoms. The lowest BCUT2D eigenvalue weighted by Crippen LogP contribution is -2.32. The third kappa shape index (κ3) is 5.64. The Balaban J connectivity index is 2.78. The second kappa shape index (κ2) is 6.69. The van der Waals surface area contributed by atoms with Gasteiger partial charge in [-0.15, -0.1) is 0 Å². The van der Waals surface area contributed by atoms with E-state index < -0.39 is 34.8 Å². The number of halogens is 4. The fraction of sp³-hybridized carbons (Fsp3) is 0.400. The summed E-state index contributed by atoms with van der Waals surface area (Å²) < 4.78 is 56.4. The van der Waals surface area contributed by atoms with Crippen LogP contribution in [0, 0.1) is 17.7 Å². The van der Waals surface area contributed by atoms with Crippen molar-refractivity contribution in [3.05, 3.63) is 35.1 Å². The van der Waals surface area contributed by atoms with E-state index in [-0.39, 0.29) is 6.54 Å². The Labute approximate surface area is 125 Å². The van der Waals surface area contributed by atoms with Crippen LogP contribution in [0.5, 0.6) is 0 Å². The highest BCUT2D eigenvalue weighted by atomic mass is 19.4. The van der Waals surface area contributed by atoms with Crippen molar-refractivity contribution in [2.75, 3.05) is 6.54 Å². The minimum absolute atomic E-state index is 0.220. The summed E-state index contributed by atoms with van der Waals surface area (Å²) in [4.78, 5) is 11.3. The number of hydrogen-bond donors (Lipinski definition) is 1. The highest BCUT2D eigenvalue weighted by Gasteiger charge is 2.36. The van der Waals surface area contributed by atoms with Crippen LogP contribution in [0.1, 0.15) is 31.9 Å². The Morgan fingerprint density at radius 1 is 1.27 bits per heavy atom. The number of ether oxygens (including phenoxy) is 1. The maximum absolute atomic E-state index is 13.3. The fourth-order valence-corrected chi connectivity index (χ4v) is 1.49. The van der Waals surface area contributed by atoms with E-state index in [1.54, 1.807) is 20.8 Å². The average Bonchev–Trinajstić information content (AvgIpc) is 2.30. The molecule has 22 heavy (non-hydrogen) atoms. The second-order valence-electron chi connectivity index (χ2n) is 5.32. The van der Waals surface area contributed by atoms with Crippen LogP contribution in [0.3, 0.4) is 0 Å². The van der Waals surface area contributed by atoms with Gasteiger partial charge in [-0.05, 0) is 32.9 Å². The van der Waals surface area contributed by atoms with Gasteiger partial charge >= 0.3 is 12.3 Å². The van der Waals surface area contributed by atoms with Gasteiger partial charge in [-0.2, -0.15) is 13.2 Å². The van der Waals surface area contributed by atoms with E-state index >= 15 is 0 Å². The topological polar surface area (TPSA) is 38.3 Å². The minimum Gasteiger partial charge on any atom is -0.444 e. The van der Waals surface area contributed by atoms with E-state index in [0.29, 0.717) is 6.07 Å². The van der Waals surface area contributed by atoms with Gasteiger partial charge in [0.05, 0.1) is 6.54 Å². The third-order valence-electron chi connectivity index (χ3n) is 2.24. The number of alkyl halides is 3. The number of nitrogens with one attached hydrogen (secondary N) is 1. The normalized spacial score (nSPS) is 11.4. The molecule has 0 atom stereocenters. The Kier molecular flexibility index (Phi) is 5.42. The number of rotatable bonds is 1. The van der Waals surface area contributed by atoms with Gasteiger partial charge in [0, 0.05) is 5.56 Å². The summed E-state index contributed by atoms with van der Waals surface area (Å²) in [5.41, 5.74) is -2.60. The van der Waals surface area contributed by atoms with Crippen molar-refractivity contribution < 1.29 is 27.1 Å². The van der Waals surface area contributed by atoms with Gasteiger partial charge in [0.2, 0.25) is 0 Å². The molecule has 0 aliphatic rings. The molecule has 0 unspecified atom stereocenters. The molecule has 1 aromatic carbocycles. The number of benzene rings is 1. The molecular formula is C15H15F4NO2. The largest absolute Gasteiger partial charge is 0.444 e. The minimum atomic E-state index is -4.84. The number of carbonyl (C=O) groups excluding carboxylic acids is 1. The van der Waals surface area contributed by atoms with Gasteiger partial charge in [-0.1, -0.05) is 17.9 Å². The molecule has 1 amide bonds. The van der Waals surface area contributed by atoms with Gasteiger partial charge in [0.25, 0.3) is 0 Å². The van der Waals surface area contributed by atoms with Crippen LogP contribution in [-0.2, 0) is 10.9 Å². The molecule has 120 valence electrons. The average molecular weight is 317 g/mol. The van der Waals surface area contributed by atoms with Gasteiger partial charge in [-0.3, -0.25) is 0 Å². The molecule has 0 heterocycles. The lowest BCUT2D eigenvalue weighted by atomic mass is 10.1. The summed E-state index contributed by atoms with van der Waals surface area (Å²) in [6.45, 7) is 4.78. The summed E-state index contributed by atoms with van der Waals surface area (Å²) in [5.74, 6) is 3.14. The van der Waals surface area contributed by atoms with Gasteiger partial charge in [0.1, 0.15) is 17.0 Å². The molecule has 1 aromatic rings. The molecule has 7 heteroatoms. The Morgan fingerprint density at radius 2 is 1.91 bits per heavy atom. The summed E-state index contributed by atoms with van der Waals surface area (Å²) in [6.07, 6.45) is -5.58. The quantitative estimate of drug-likeness (QED) is 0.633. The predicted molar refractivity (Wildman–Crippen MR) is 72.5 cm³/mol. The van der Waals surface area contributed by atoms with Crippen molar-refractivity contribution in [3.63, 3.8) is 0 Å².